The number of aromatic amines is 1. The van der Waals surface area contributed by atoms with Gasteiger partial charge in [-0.25, -0.2) is 4.98 Å². The van der Waals surface area contributed by atoms with Crippen molar-refractivity contribution in [1.29, 1.82) is 0 Å². The van der Waals surface area contributed by atoms with Crippen LogP contribution in [-0.4, -0.2) is 37.4 Å². The van der Waals surface area contributed by atoms with Crippen LogP contribution in [0.15, 0.2) is 59.8 Å². The number of aliphatic imine (C=N–C) groups is 1. The van der Waals surface area contributed by atoms with Crippen LogP contribution in [-0.2, 0) is 24.1 Å². The van der Waals surface area contributed by atoms with Crippen LogP contribution in [0.5, 0.6) is 0 Å². The maximum atomic E-state index is 12.4. The van der Waals surface area contributed by atoms with Gasteiger partial charge in [-0.1, -0.05) is 36.4 Å². The zero-order valence-electron chi connectivity index (χ0n) is 14.0. The fourth-order valence-corrected chi connectivity index (χ4v) is 3.18. The molecule has 0 fully saturated rings. The highest BCUT2D eigenvalue weighted by molar-refractivity contribution is 6.11. The van der Waals surface area contributed by atoms with Crippen LogP contribution >= 0.6 is 0 Å². The van der Waals surface area contributed by atoms with Gasteiger partial charge in [0.2, 0.25) is 0 Å². The number of hydrogen-bond donors (Lipinski definition) is 1. The Morgan fingerprint density at radius 3 is 2.84 bits per heavy atom. The highest BCUT2D eigenvalue weighted by Crippen LogP contribution is 2.29. The molecule has 126 valence electrons. The molecular weight excluding hydrogens is 314 g/mol. The summed E-state index contributed by atoms with van der Waals surface area (Å²) in [7, 11) is 0. The lowest BCUT2D eigenvalue weighted by Gasteiger charge is -2.32. The van der Waals surface area contributed by atoms with Gasteiger partial charge in [0.05, 0.1) is 0 Å². The summed E-state index contributed by atoms with van der Waals surface area (Å²) in [5.74, 6) is 2.00. The van der Waals surface area contributed by atoms with Gasteiger partial charge in [0.15, 0.2) is 5.82 Å². The van der Waals surface area contributed by atoms with Crippen molar-refractivity contribution in [2.45, 2.75) is 31.7 Å². The number of H-pyrrole nitrogens is 1. The molecule has 6 heteroatoms. The second-order valence-corrected chi connectivity index (χ2v) is 6.48. The van der Waals surface area contributed by atoms with Gasteiger partial charge in [-0.2, -0.15) is 10.1 Å². The monoisotopic (exact) mass is 333 g/mol. The Kier molecular flexibility index (Phi) is 3.80. The molecule has 3 heterocycles. The van der Waals surface area contributed by atoms with Crippen molar-refractivity contribution in [1.82, 2.24) is 20.1 Å². The Balaban J connectivity index is 1.45. The number of carbonyl (C=O) groups excluding carboxylic acids is 1. The molecule has 6 nitrogen and oxygen atoms in total. The summed E-state index contributed by atoms with van der Waals surface area (Å²) in [5, 5.41) is 7.28. The summed E-state index contributed by atoms with van der Waals surface area (Å²) >= 11 is 0. The molecular formula is C19H19N5O. The van der Waals surface area contributed by atoms with E-state index in [2.05, 4.69) is 32.3 Å². The number of hydrogen-bond acceptors (Lipinski definition) is 4. The number of benzene rings is 1. The van der Waals surface area contributed by atoms with E-state index < -0.39 is 5.54 Å². The molecule has 1 unspecified atom stereocenters. The smallest absolute Gasteiger partial charge is 0.274 e. The van der Waals surface area contributed by atoms with Crippen molar-refractivity contribution in [3.05, 3.63) is 72.0 Å². The van der Waals surface area contributed by atoms with Crippen LogP contribution < -0.4 is 0 Å². The normalized spacial score (nSPS) is 21.6. The molecule has 0 radical (unpaired) electrons. The van der Waals surface area contributed by atoms with E-state index in [4.69, 9.17) is 0 Å². The van der Waals surface area contributed by atoms with E-state index in [-0.39, 0.29) is 5.91 Å². The molecule has 4 rings (SSSR count). The minimum absolute atomic E-state index is 0.152. The van der Waals surface area contributed by atoms with Gasteiger partial charge < -0.3 is 4.90 Å². The van der Waals surface area contributed by atoms with Crippen LogP contribution in [0.1, 0.15) is 24.1 Å². The molecule has 0 aliphatic carbocycles. The van der Waals surface area contributed by atoms with Crippen molar-refractivity contribution < 1.29 is 4.79 Å². The molecule has 2 aliphatic heterocycles. The Morgan fingerprint density at radius 2 is 2.00 bits per heavy atom. The van der Waals surface area contributed by atoms with Gasteiger partial charge in [-0.3, -0.25) is 9.89 Å². The van der Waals surface area contributed by atoms with Crippen LogP contribution in [0.4, 0.5) is 0 Å². The average molecular weight is 333 g/mol. The molecule has 25 heavy (non-hydrogen) atoms. The predicted molar refractivity (Wildman–Crippen MR) is 94.9 cm³/mol. The summed E-state index contributed by atoms with van der Waals surface area (Å²) in [6, 6.07) is 10.3. The lowest BCUT2D eigenvalue weighted by molar-refractivity contribution is -0.124. The summed E-state index contributed by atoms with van der Waals surface area (Å²) in [6.07, 6.45) is 9.60. The number of rotatable bonds is 5. The first-order chi connectivity index (χ1) is 12.1. The molecule has 0 spiro atoms. The van der Waals surface area contributed by atoms with Crippen molar-refractivity contribution in [3.8, 4) is 0 Å². The number of fused-ring (bicyclic) bond motifs is 1. The lowest BCUT2D eigenvalue weighted by Crippen LogP contribution is -2.48. The quantitative estimate of drug-likeness (QED) is 0.910. The standard InChI is InChI=1S/C19H19N5O/c1-19(18(25)21-17-9-5-6-12-24(17)19)13-16-20-15(22-23-16)11-10-14-7-3-2-4-8-14/h2-9,12H,10-11,13H2,1H3,(H,20,22,23). The number of allylic oxidation sites excluding steroid dienone is 2. The molecule has 0 saturated carbocycles. The van der Waals surface area contributed by atoms with E-state index in [0.717, 1.165) is 18.7 Å². The van der Waals surface area contributed by atoms with Crippen LogP contribution in [0.25, 0.3) is 0 Å². The summed E-state index contributed by atoms with van der Waals surface area (Å²) in [5.41, 5.74) is 0.502. The molecule has 2 aliphatic rings. The molecule has 1 N–H and O–H groups in total. The molecule has 2 aromatic rings. The third kappa shape index (κ3) is 2.91. The second-order valence-electron chi connectivity index (χ2n) is 6.48. The molecule has 1 atom stereocenters. The number of carbonyl (C=O) groups is 1. The highest BCUT2D eigenvalue weighted by atomic mass is 16.2. The SMILES string of the molecule is CC1(Cc2nc(CCc3ccccc3)n[nH]2)C(=O)N=C2C=CC=CN21. The van der Waals surface area contributed by atoms with E-state index in [1.54, 1.807) is 0 Å². The van der Waals surface area contributed by atoms with Gasteiger partial charge in [-0.15, -0.1) is 0 Å². The van der Waals surface area contributed by atoms with E-state index in [9.17, 15) is 4.79 Å². The van der Waals surface area contributed by atoms with Crippen molar-refractivity contribution >= 4 is 11.7 Å². The summed E-state index contributed by atoms with van der Waals surface area (Å²) in [4.78, 5) is 23.0. The molecule has 0 bridgehead atoms. The summed E-state index contributed by atoms with van der Waals surface area (Å²) < 4.78 is 0. The zero-order chi connectivity index (χ0) is 17.3. The predicted octanol–water partition coefficient (Wildman–Crippen LogP) is 2.22. The van der Waals surface area contributed by atoms with Gasteiger partial charge in [-0.05, 0) is 31.1 Å². The number of aryl methyl sites for hydroxylation is 2. The van der Waals surface area contributed by atoms with E-state index in [1.807, 2.05) is 54.5 Å². The molecule has 0 saturated heterocycles. The zero-order valence-corrected chi connectivity index (χ0v) is 14.0. The van der Waals surface area contributed by atoms with Gasteiger partial charge in [0.25, 0.3) is 5.91 Å². The first kappa shape index (κ1) is 15.5. The largest absolute Gasteiger partial charge is 0.317 e. The number of nitrogens with zero attached hydrogens (tertiary/aromatic N) is 4. The number of nitrogens with one attached hydrogen (secondary N) is 1. The minimum atomic E-state index is -0.757. The van der Waals surface area contributed by atoms with Crippen molar-refractivity contribution in [3.63, 3.8) is 0 Å². The topological polar surface area (TPSA) is 74.2 Å². The third-order valence-corrected chi connectivity index (χ3v) is 4.62. The van der Waals surface area contributed by atoms with Crippen molar-refractivity contribution in [2.24, 2.45) is 4.99 Å². The van der Waals surface area contributed by atoms with Crippen LogP contribution in [0, 0.1) is 0 Å². The maximum Gasteiger partial charge on any atom is 0.274 e. The van der Waals surface area contributed by atoms with E-state index in [0.29, 0.717) is 18.1 Å². The number of amides is 1. The average Bonchev–Trinajstić information content (AvgIpc) is 3.17. The Hall–Kier alpha value is -3.02. The van der Waals surface area contributed by atoms with Gasteiger partial charge in [0.1, 0.15) is 17.2 Å². The summed E-state index contributed by atoms with van der Waals surface area (Å²) in [6.45, 7) is 1.89. The third-order valence-electron chi connectivity index (χ3n) is 4.62. The Bertz CT molecular complexity index is 880. The fourth-order valence-electron chi connectivity index (χ4n) is 3.18. The fraction of sp³-hybridized carbons (Fsp3) is 0.263. The van der Waals surface area contributed by atoms with E-state index in [1.165, 1.54) is 5.56 Å². The number of aromatic nitrogens is 3. The Labute approximate surface area is 146 Å². The maximum absolute atomic E-state index is 12.4. The van der Waals surface area contributed by atoms with Crippen molar-refractivity contribution in [2.75, 3.05) is 0 Å². The first-order valence-corrected chi connectivity index (χ1v) is 8.36. The number of amidine groups is 1. The van der Waals surface area contributed by atoms with Gasteiger partial charge in [0, 0.05) is 19.0 Å². The molecule has 1 aromatic heterocycles. The first-order valence-electron chi connectivity index (χ1n) is 8.36. The van der Waals surface area contributed by atoms with E-state index >= 15 is 0 Å². The van der Waals surface area contributed by atoms with Crippen LogP contribution in [0.2, 0.25) is 0 Å². The van der Waals surface area contributed by atoms with Crippen LogP contribution in [0.3, 0.4) is 0 Å². The highest BCUT2D eigenvalue weighted by Gasteiger charge is 2.46. The van der Waals surface area contributed by atoms with Gasteiger partial charge >= 0.3 is 0 Å². The lowest BCUT2D eigenvalue weighted by atomic mass is 9.95. The molecule has 1 aromatic carbocycles. The Morgan fingerprint density at radius 1 is 1.16 bits per heavy atom. The minimum Gasteiger partial charge on any atom is -0.317 e. The second kappa shape index (κ2) is 6.12. The molecule has 1 amide bonds.